The minimum absolute atomic E-state index is 0.0822. The van der Waals surface area contributed by atoms with Crippen molar-refractivity contribution in [3.63, 3.8) is 0 Å². The van der Waals surface area contributed by atoms with E-state index in [0.717, 1.165) is 0 Å². The summed E-state index contributed by atoms with van der Waals surface area (Å²) in [5.74, 6) is -0.872. The Morgan fingerprint density at radius 3 is 2.50 bits per heavy atom. The van der Waals surface area contributed by atoms with Crippen LogP contribution in [0, 0.1) is 17.8 Å². The van der Waals surface area contributed by atoms with Crippen molar-refractivity contribution in [2.45, 2.75) is 6.42 Å². The molecule has 68 valence electrons. The van der Waals surface area contributed by atoms with Crippen molar-refractivity contribution in [2.24, 2.45) is 17.8 Å². The normalized spacial score (nSPS) is 43.2. The molecule has 12 heavy (non-hydrogen) atoms. The Balaban J connectivity index is 2.12. The fourth-order valence-corrected chi connectivity index (χ4v) is 3.96. The summed E-state index contributed by atoms with van der Waals surface area (Å²) in [6.07, 6.45) is 0.546. The largest absolute Gasteiger partial charge is 0.481 e. The fourth-order valence-electron chi connectivity index (χ4n) is 2.12. The average molecular weight is 190 g/mol. The van der Waals surface area contributed by atoms with Crippen molar-refractivity contribution >= 4 is 15.8 Å². The Hall–Kier alpha value is -0.580. The van der Waals surface area contributed by atoms with Crippen LogP contribution in [-0.2, 0) is 14.6 Å². The van der Waals surface area contributed by atoms with E-state index in [9.17, 15) is 13.2 Å². The van der Waals surface area contributed by atoms with Gasteiger partial charge in [0.05, 0.1) is 17.4 Å². The van der Waals surface area contributed by atoms with Crippen LogP contribution in [0.5, 0.6) is 0 Å². The van der Waals surface area contributed by atoms with Crippen LogP contribution in [0.4, 0.5) is 0 Å². The fraction of sp³-hybridized carbons (Fsp3) is 0.857. The minimum Gasteiger partial charge on any atom is -0.481 e. The Morgan fingerprint density at radius 2 is 2.00 bits per heavy atom. The highest BCUT2D eigenvalue weighted by atomic mass is 32.2. The summed E-state index contributed by atoms with van der Waals surface area (Å²) in [5.41, 5.74) is 0. The lowest BCUT2D eigenvalue weighted by atomic mass is 10.2. The highest BCUT2D eigenvalue weighted by Crippen LogP contribution is 2.52. The predicted molar refractivity (Wildman–Crippen MR) is 41.4 cm³/mol. The maximum atomic E-state index is 11.1. The molecular weight excluding hydrogens is 180 g/mol. The van der Waals surface area contributed by atoms with Crippen LogP contribution in [0.15, 0.2) is 0 Å². The average Bonchev–Trinajstić information content (AvgIpc) is 2.58. The van der Waals surface area contributed by atoms with E-state index in [4.69, 9.17) is 5.11 Å². The molecule has 2 fully saturated rings. The monoisotopic (exact) mass is 190 g/mol. The first-order chi connectivity index (χ1) is 5.51. The van der Waals surface area contributed by atoms with Gasteiger partial charge < -0.3 is 5.11 Å². The molecule has 1 aliphatic heterocycles. The number of aliphatic carboxylic acids is 1. The zero-order chi connectivity index (χ0) is 8.93. The number of carbonyl (C=O) groups is 1. The van der Waals surface area contributed by atoms with Crippen molar-refractivity contribution in [1.29, 1.82) is 0 Å². The minimum atomic E-state index is -2.92. The summed E-state index contributed by atoms with van der Waals surface area (Å²) in [7, 11) is -2.92. The first kappa shape index (κ1) is 8.04. The molecule has 2 rings (SSSR count). The van der Waals surface area contributed by atoms with Gasteiger partial charge in [-0.05, 0) is 18.3 Å². The maximum absolute atomic E-state index is 11.1. The lowest BCUT2D eigenvalue weighted by Crippen LogP contribution is -2.18. The van der Waals surface area contributed by atoms with Crippen molar-refractivity contribution in [3.05, 3.63) is 0 Å². The van der Waals surface area contributed by atoms with Crippen LogP contribution >= 0.6 is 0 Å². The highest BCUT2D eigenvalue weighted by molar-refractivity contribution is 7.91. The summed E-state index contributed by atoms with van der Waals surface area (Å²) in [5, 5.41) is 8.66. The second kappa shape index (κ2) is 2.22. The molecule has 4 nitrogen and oxygen atoms in total. The van der Waals surface area contributed by atoms with Crippen LogP contribution in [-0.4, -0.2) is 31.0 Å². The number of carboxylic acids is 1. The zero-order valence-electron chi connectivity index (χ0n) is 6.43. The molecule has 0 aromatic heterocycles. The highest BCUT2D eigenvalue weighted by Gasteiger charge is 2.58. The van der Waals surface area contributed by atoms with Crippen molar-refractivity contribution in [1.82, 2.24) is 0 Å². The van der Waals surface area contributed by atoms with Crippen LogP contribution in [0.25, 0.3) is 0 Å². The zero-order valence-corrected chi connectivity index (χ0v) is 7.25. The van der Waals surface area contributed by atoms with Crippen molar-refractivity contribution in [2.75, 3.05) is 11.5 Å². The number of rotatable bonds is 1. The quantitative estimate of drug-likeness (QED) is 0.619. The lowest BCUT2D eigenvalue weighted by molar-refractivity contribution is -0.139. The molecule has 1 saturated heterocycles. The van der Waals surface area contributed by atoms with Gasteiger partial charge >= 0.3 is 5.97 Å². The van der Waals surface area contributed by atoms with Crippen LogP contribution < -0.4 is 0 Å². The van der Waals surface area contributed by atoms with E-state index in [-0.39, 0.29) is 29.3 Å². The Bertz CT molecular complexity index is 318. The number of carboxylic acid groups (broad SMARTS) is 1. The first-order valence-corrected chi connectivity index (χ1v) is 5.76. The van der Waals surface area contributed by atoms with E-state index in [1.807, 2.05) is 0 Å². The number of fused-ring (bicyclic) bond motifs is 1. The van der Waals surface area contributed by atoms with Gasteiger partial charge in [0.1, 0.15) is 0 Å². The smallest absolute Gasteiger partial charge is 0.307 e. The summed E-state index contributed by atoms with van der Waals surface area (Å²) in [6.45, 7) is 0. The molecule has 0 spiro atoms. The van der Waals surface area contributed by atoms with Crippen LogP contribution in [0.2, 0.25) is 0 Å². The SMILES string of the molecule is O=C(O)[C@H]1[C@@H]2CS(=O)(=O)CC[C@@H]21. The molecule has 0 aromatic carbocycles. The molecule has 0 amide bonds. The molecular formula is C7H10O4S. The van der Waals surface area contributed by atoms with Crippen molar-refractivity contribution in [3.8, 4) is 0 Å². The van der Waals surface area contributed by atoms with E-state index in [0.29, 0.717) is 6.42 Å². The molecule has 3 atom stereocenters. The summed E-state index contributed by atoms with van der Waals surface area (Å²) in [4.78, 5) is 10.5. The van der Waals surface area contributed by atoms with Crippen LogP contribution in [0.3, 0.4) is 0 Å². The lowest BCUT2D eigenvalue weighted by Gasteiger charge is -2.07. The topological polar surface area (TPSA) is 71.4 Å². The Labute approximate surface area is 70.5 Å². The molecule has 0 radical (unpaired) electrons. The van der Waals surface area contributed by atoms with Gasteiger partial charge in [-0.2, -0.15) is 0 Å². The second-order valence-corrected chi connectivity index (χ2v) is 5.82. The van der Waals surface area contributed by atoms with Gasteiger partial charge in [0.2, 0.25) is 0 Å². The first-order valence-electron chi connectivity index (χ1n) is 3.94. The second-order valence-electron chi connectivity index (χ2n) is 3.59. The van der Waals surface area contributed by atoms with E-state index in [2.05, 4.69) is 0 Å². The molecule has 1 N–H and O–H groups in total. The van der Waals surface area contributed by atoms with Gasteiger partial charge in [-0.3, -0.25) is 4.79 Å². The van der Waals surface area contributed by atoms with Gasteiger partial charge in [-0.25, -0.2) is 8.42 Å². The van der Waals surface area contributed by atoms with Gasteiger partial charge in [0, 0.05) is 0 Å². The third-order valence-electron chi connectivity index (χ3n) is 2.83. The molecule has 0 bridgehead atoms. The number of hydrogen-bond acceptors (Lipinski definition) is 3. The van der Waals surface area contributed by atoms with E-state index in [1.165, 1.54) is 0 Å². The molecule has 1 heterocycles. The predicted octanol–water partition coefficient (Wildman–Crippen LogP) is -0.248. The molecule has 0 aromatic rings. The van der Waals surface area contributed by atoms with Gasteiger partial charge in [0.15, 0.2) is 9.84 Å². The third kappa shape index (κ3) is 1.12. The number of hydrogen-bond donors (Lipinski definition) is 1. The van der Waals surface area contributed by atoms with Gasteiger partial charge in [0.25, 0.3) is 0 Å². The van der Waals surface area contributed by atoms with Gasteiger partial charge in [-0.15, -0.1) is 0 Å². The van der Waals surface area contributed by atoms with E-state index in [1.54, 1.807) is 0 Å². The van der Waals surface area contributed by atoms with Gasteiger partial charge in [-0.1, -0.05) is 0 Å². The molecule has 5 heteroatoms. The Kier molecular flexibility index (Phi) is 1.49. The Morgan fingerprint density at radius 1 is 1.33 bits per heavy atom. The summed E-state index contributed by atoms with van der Waals surface area (Å²) in [6, 6.07) is 0. The number of sulfone groups is 1. The van der Waals surface area contributed by atoms with E-state index >= 15 is 0 Å². The van der Waals surface area contributed by atoms with E-state index < -0.39 is 15.8 Å². The van der Waals surface area contributed by atoms with Crippen LogP contribution in [0.1, 0.15) is 6.42 Å². The standard InChI is InChI=1S/C7H10O4S/c8-7(9)6-4-1-2-12(10,11)3-5(4)6/h4-6H,1-3H2,(H,8,9)/t4-,5+,6+/m0/s1. The van der Waals surface area contributed by atoms with Crippen molar-refractivity contribution < 1.29 is 18.3 Å². The molecule has 2 aliphatic rings. The maximum Gasteiger partial charge on any atom is 0.307 e. The third-order valence-corrected chi connectivity index (χ3v) is 4.58. The summed E-state index contributed by atoms with van der Waals surface area (Å²) < 4.78 is 22.1. The molecule has 1 saturated carbocycles. The molecule has 1 aliphatic carbocycles. The molecule has 0 unspecified atom stereocenters. The summed E-state index contributed by atoms with van der Waals surface area (Å²) >= 11 is 0.